The summed E-state index contributed by atoms with van der Waals surface area (Å²) in [6.07, 6.45) is 4.99. The summed E-state index contributed by atoms with van der Waals surface area (Å²) in [5.41, 5.74) is 3.20. The van der Waals surface area contributed by atoms with E-state index in [1.54, 1.807) is 42.7 Å². The third kappa shape index (κ3) is 3.94. The summed E-state index contributed by atoms with van der Waals surface area (Å²) in [6, 6.07) is 18.0. The second kappa shape index (κ2) is 7.95. The Labute approximate surface area is 177 Å². The maximum Gasteiger partial charge on any atom is 0.270 e. The quantitative estimate of drug-likeness (QED) is 0.392. The lowest BCUT2D eigenvalue weighted by Gasteiger charge is -2.29. The van der Waals surface area contributed by atoms with Crippen LogP contribution in [-0.4, -0.2) is 21.9 Å². The van der Waals surface area contributed by atoms with E-state index in [0.717, 1.165) is 16.7 Å². The number of hydrogen-bond donors (Lipinski definition) is 1. The molecular formula is C22H14ClN3O2S. The lowest BCUT2D eigenvalue weighted by atomic mass is 10.0. The van der Waals surface area contributed by atoms with Crippen molar-refractivity contribution in [2.75, 3.05) is 4.90 Å². The highest BCUT2D eigenvalue weighted by Gasteiger charge is 2.34. The van der Waals surface area contributed by atoms with E-state index in [9.17, 15) is 9.59 Å². The average Bonchev–Trinajstić information content (AvgIpc) is 2.73. The summed E-state index contributed by atoms with van der Waals surface area (Å²) in [6.45, 7) is 0. The Kier molecular flexibility index (Phi) is 5.20. The largest absolute Gasteiger partial charge is 0.298 e. The Morgan fingerprint density at radius 2 is 1.69 bits per heavy atom. The smallest absolute Gasteiger partial charge is 0.270 e. The highest BCUT2D eigenvalue weighted by molar-refractivity contribution is 7.80. The van der Waals surface area contributed by atoms with Crippen LogP contribution in [0.3, 0.4) is 0 Å². The van der Waals surface area contributed by atoms with Crippen molar-refractivity contribution >= 4 is 52.5 Å². The first-order chi connectivity index (χ1) is 14.0. The molecule has 0 radical (unpaired) electrons. The summed E-state index contributed by atoms with van der Waals surface area (Å²) in [7, 11) is 0. The van der Waals surface area contributed by atoms with Crippen molar-refractivity contribution in [1.29, 1.82) is 0 Å². The van der Waals surface area contributed by atoms with Crippen LogP contribution in [0.1, 0.15) is 5.56 Å². The van der Waals surface area contributed by atoms with Gasteiger partial charge >= 0.3 is 0 Å². The van der Waals surface area contributed by atoms with Gasteiger partial charge in [-0.3, -0.25) is 24.8 Å². The Hall–Kier alpha value is -3.35. The number of hydrogen-bond acceptors (Lipinski definition) is 4. The number of halogens is 1. The number of nitrogens with one attached hydrogen (secondary N) is 1. The summed E-state index contributed by atoms with van der Waals surface area (Å²) in [4.78, 5) is 30.8. The van der Waals surface area contributed by atoms with Gasteiger partial charge in [0.25, 0.3) is 11.8 Å². The molecule has 1 fully saturated rings. The van der Waals surface area contributed by atoms with E-state index in [1.807, 2.05) is 36.4 Å². The predicted octanol–water partition coefficient (Wildman–Crippen LogP) is 4.23. The topological polar surface area (TPSA) is 62.3 Å². The molecule has 0 aliphatic carbocycles. The first-order valence-corrected chi connectivity index (χ1v) is 9.49. The SMILES string of the molecule is O=C1NC(=S)N(c2ccc(Cl)cc2)C(=O)/C1=C\c1cccc(-c2ccncc2)c1. The molecule has 0 spiro atoms. The van der Waals surface area contributed by atoms with Gasteiger partial charge in [-0.2, -0.15) is 0 Å². The van der Waals surface area contributed by atoms with Gasteiger partial charge in [0.05, 0.1) is 5.69 Å². The molecule has 1 aliphatic rings. The number of benzene rings is 2. The fraction of sp³-hybridized carbons (Fsp3) is 0. The van der Waals surface area contributed by atoms with E-state index in [2.05, 4.69) is 10.3 Å². The van der Waals surface area contributed by atoms with Crippen molar-refractivity contribution in [2.45, 2.75) is 0 Å². The second-order valence-corrected chi connectivity index (χ2v) is 7.12. The molecule has 2 heterocycles. The van der Waals surface area contributed by atoms with Crippen LogP contribution in [0.15, 0.2) is 78.6 Å². The zero-order chi connectivity index (χ0) is 20.4. The number of carbonyl (C=O) groups is 2. The molecule has 1 saturated heterocycles. The van der Waals surface area contributed by atoms with Crippen LogP contribution in [0.5, 0.6) is 0 Å². The third-order valence-electron chi connectivity index (χ3n) is 4.40. The molecule has 0 saturated carbocycles. The van der Waals surface area contributed by atoms with Crippen molar-refractivity contribution in [3.05, 3.63) is 89.2 Å². The van der Waals surface area contributed by atoms with Crippen LogP contribution >= 0.6 is 23.8 Å². The van der Waals surface area contributed by atoms with Gasteiger partial charge in [-0.05, 0) is 77.4 Å². The van der Waals surface area contributed by atoms with Gasteiger partial charge in [0.2, 0.25) is 0 Å². The minimum atomic E-state index is -0.528. The number of thiocarbonyl (C=S) groups is 1. The van der Waals surface area contributed by atoms with Crippen LogP contribution in [0, 0.1) is 0 Å². The van der Waals surface area contributed by atoms with Crippen LogP contribution in [0.4, 0.5) is 5.69 Å². The van der Waals surface area contributed by atoms with Gasteiger partial charge in [0, 0.05) is 17.4 Å². The molecule has 7 heteroatoms. The molecule has 1 aromatic heterocycles. The summed E-state index contributed by atoms with van der Waals surface area (Å²) in [5.74, 6) is -1.02. The van der Waals surface area contributed by atoms with Crippen LogP contribution in [-0.2, 0) is 9.59 Å². The Balaban J connectivity index is 1.71. The van der Waals surface area contributed by atoms with Gasteiger partial charge in [0.15, 0.2) is 5.11 Å². The summed E-state index contributed by atoms with van der Waals surface area (Å²) in [5, 5.41) is 3.15. The molecule has 0 unspecified atom stereocenters. The van der Waals surface area contributed by atoms with E-state index < -0.39 is 11.8 Å². The molecule has 29 heavy (non-hydrogen) atoms. The normalized spacial score (nSPS) is 15.6. The van der Waals surface area contributed by atoms with E-state index in [0.29, 0.717) is 10.7 Å². The fourth-order valence-electron chi connectivity index (χ4n) is 3.00. The van der Waals surface area contributed by atoms with Crippen molar-refractivity contribution < 1.29 is 9.59 Å². The van der Waals surface area contributed by atoms with Gasteiger partial charge in [-0.1, -0.05) is 29.8 Å². The van der Waals surface area contributed by atoms with Crippen LogP contribution in [0.2, 0.25) is 5.02 Å². The fourth-order valence-corrected chi connectivity index (χ4v) is 3.41. The Morgan fingerprint density at radius 1 is 0.966 bits per heavy atom. The molecule has 4 rings (SSSR count). The number of amides is 2. The average molecular weight is 420 g/mol. The van der Waals surface area contributed by atoms with Gasteiger partial charge in [-0.15, -0.1) is 0 Å². The van der Waals surface area contributed by atoms with Crippen LogP contribution < -0.4 is 10.2 Å². The van der Waals surface area contributed by atoms with Gasteiger partial charge < -0.3 is 0 Å². The predicted molar refractivity (Wildman–Crippen MR) is 117 cm³/mol. The molecule has 2 aromatic carbocycles. The highest BCUT2D eigenvalue weighted by atomic mass is 35.5. The van der Waals surface area contributed by atoms with Crippen molar-refractivity contribution in [1.82, 2.24) is 10.3 Å². The van der Waals surface area contributed by atoms with E-state index in [-0.39, 0.29) is 10.7 Å². The Bertz CT molecular complexity index is 1140. The second-order valence-electron chi connectivity index (χ2n) is 6.30. The lowest BCUT2D eigenvalue weighted by Crippen LogP contribution is -2.54. The number of aromatic nitrogens is 1. The standard InChI is InChI=1S/C22H14ClN3O2S/c23-17-4-6-18(7-5-17)26-21(28)19(20(27)25-22(26)29)13-14-2-1-3-16(12-14)15-8-10-24-11-9-15/h1-13H,(H,25,27,29)/b19-13-. The van der Waals surface area contributed by atoms with Gasteiger partial charge in [-0.25, -0.2) is 0 Å². The number of rotatable bonds is 3. The third-order valence-corrected chi connectivity index (χ3v) is 4.93. The molecular weight excluding hydrogens is 406 g/mol. The molecule has 142 valence electrons. The number of pyridine rings is 1. The molecule has 3 aromatic rings. The lowest BCUT2D eigenvalue weighted by molar-refractivity contribution is -0.122. The van der Waals surface area contributed by atoms with Crippen LogP contribution in [0.25, 0.3) is 17.2 Å². The molecule has 0 bridgehead atoms. The number of anilines is 1. The minimum Gasteiger partial charge on any atom is -0.298 e. The maximum absolute atomic E-state index is 13.1. The van der Waals surface area contributed by atoms with E-state index >= 15 is 0 Å². The molecule has 5 nitrogen and oxygen atoms in total. The summed E-state index contributed by atoms with van der Waals surface area (Å²) >= 11 is 11.1. The first kappa shape index (κ1) is 19.0. The highest BCUT2D eigenvalue weighted by Crippen LogP contribution is 2.25. The van der Waals surface area contributed by atoms with Crippen molar-refractivity contribution in [3.8, 4) is 11.1 Å². The first-order valence-electron chi connectivity index (χ1n) is 8.70. The zero-order valence-electron chi connectivity index (χ0n) is 15.0. The molecule has 2 amide bonds. The maximum atomic E-state index is 13.1. The summed E-state index contributed by atoms with van der Waals surface area (Å²) < 4.78 is 0. The number of carbonyl (C=O) groups excluding carboxylic acids is 2. The van der Waals surface area contributed by atoms with E-state index in [4.69, 9.17) is 23.8 Å². The van der Waals surface area contributed by atoms with Crippen molar-refractivity contribution in [2.24, 2.45) is 0 Å². The van der Waals surface area contributed by atoms with E-state index in [1.165, 1.54) is 4.90 Å². The van der Waals surface area contributed by atoms with Crippen molar-refractivity contribution in [3.63, 3.8) is 0 Å². The zero-order valence-corrected chi connectivity index (χ0v) is 16.6. The molecule has 1 N–H and O–H groups in total. The monoisotopic (exact) mass is 419 g/mol. The minimum absolute atomic E-state index is 0.000397. The van der Waals surface area contributed by atoms with Gasteiger partial charge in [0.1, 0.15) is 5.57 Å². The number of nitrogens with zero attached hydrogens (tertiary/aromatic N) is 2. The molecule has 1 aliphatic heterocycles. The Morgan fingerprint density at radius 3 is 2.41 bits per heavy atom. The molecule has 0 atom stereocenters.